The Hall–Kier alpha value is -4.70. The number of ether oxygens (including phenoxy) is 1. The first kappa shape index (κ1) is 25.6. The molecule has 0 aliphatic heterocycles. The van der Waals surface area contributed by atoms with Crippen LogP contribution in [0.5, 0.6) is 5.75 Å². The molecule has 0 saturated heterocycles. The molecule has 0 amide bonds. The Bertz CT molecular complexity index is 1710. The molecule has 0 saturated carbocycles. The largest absolute Gasteiger partial charge is 0.492 e. The van der Waals surface area contributed by atoms with Gasteiger partial charge in [0.1, 0.15) is 5.75 Å². The number of hydrogen-bond donors (Lipinski definition) is 0. The lowest BCUT2D eigenvalue weighted by molar-refractivity contribution is 0.0981. The number of ketones is 2. The van der Waals surface area contributed by atoms with Crippen molar-refractivity contribution >= 4 is 11.6 Å². The van der Waals surface area contributed by atoms with Crippen molar-refractivity contribution < 1.29 is 14.3 Å². The maximum Gasteiger partial charge on any atom is 0.196 e. The van der Waals surface area contributed by atoms with E-state index in [2.05, 4.69) is 35.8 Å². The van der Waals surface area contributed by atoms with Crippen molar-refractivity contribution in [3.05, 3.63) is 131 Å². The Morgan fingerprint density at radius 3 is 1.77 bits per heavy atom. The molecule has 0 spiro atoms. The van der Waals surface area contributed by atoms with Gasteiger partial charge in [0.2, 0.25) is 0 Å². The first-order chi connectivity index (χ1) is 19.6. The summed E-state index contributed by atoms with van der Waals surface area (Å²) >= 11 is 0. The standard InChI is InChI=1S/C36H31NO3/c1-3-5-13-24-20-22-26(23-21-24)34-32-31(35(38)27-16-9-10-17-28(27)36(32)39)33(25-14-7-6-8-15-25)37(34)29-18-11-12-19-30(29)40-4-2/h6-12,14-23H,3-5,13H2,1-2H3. The lowest BCUT2D eigenvalue weighted by atomic mass is 9.82. The van der Waals surface area contributed by atoms with Crippen LogP contribution in [0.3, 0.4) is 0 Å². The van der Waals surface area contributed by atoms with Gasteiger partial charge in [-0.25, -0.2) is 0 Å². The second-order valence-corrected chi connectivity index (χ2v) is 10.1. The molecule has 40 heavy (non-hydrogen) atoms. The molecule has 4 nitrogen and oxygen atoms in total. The van der Waals surface area contributed by atoms with E-state index in [1.165, 1.54) is 5.56 Å². The summed E-state index contributed by atoms with van der Waals surface area (Å²) in [5.74, 6) is 0.408. The van der Waals surface area contributed by atoms with E-state index in [0.29, 0.717) is 46.0 Å². The zero-order valence-electron chi connectivity index (χ0n) is 22.8. The molecule has 4 heteroatoms. The molecular weight excluding hydrogens is 494 g/mol. The first-order valence-electron chi connectivity index (χ1n) is 14.0. The lowest BCUT2D eigenvalue weighted by Gasteiger charge is -2.18. The average molecular weight is 526 g/mol. The van der Waals surface area contributed by atoms with Crippen LogP contribution in [-0.2, 0) is 6.42 Å². The highest BCUT2D eigenvalue weighted by Crippen LogP contribution is 2.45. The van der Waals surface area contributed by atoms with Crippen LogP contribution in [0.2, 0.25) is 0 Å². The molecule has 1 aliphatic rings. The maximum atomic E-state index is 14.3. The molecule has 1 aliphatic carbocycles. The Balaban J connectivity index is 1.74. The number of aromatic nitrogens is 1. The third-order valence-corrected chi connectivity index (χ3v) is 7.54. The van der Waals surface area contributed by atoms with E-state index < -0.39 is 0 Å². The van der Waals surface area contributed by atoms with Gasteiger partial charge in [0.05, 0.1) is 34.8 Å². The summed E-state index contributed by atoms with van der Waals surface area (Å²) in [5, 5.41) is 0. The van der Waals surface area contributed by atoms with Gasteiger partial charge < -0.3 is 9.30 Å². The molecule has 0 atom stereocenters. The Labute approximate surface area is 234 Å². The topological polar surface area (TPSA) is 48.3 Å². The summed E-state index contributed by atoms with van der Waals surface area (Å²) in [7, 11) is 0. The quantitative estimate of drug-likeness (QED) is 0.201. The van der Waals surface area contributed by atoms with Crippen LogP contribution in [0.15, 0.2) is 103 Å². The molecule has 0 unspecified atom stereocenters. The molecule has 5 aromatic rings. The smallest absolute Gasteiger partial charge is 0.196 e. The highest BCUT2D eigenvalue weighted by atomic mass is 16.5. The summed E-state index contributed by atoms with van der Waals surface area (Å²) in [4.78, 5) is 28.6. The zero-order chi connectivity index (χ0) is 27.6. The molecule has 0 bridgehead atoms. The molecule has 0 N–H and O–H groups in total. The van der Waals surface area contributed by atoms with Crippen LogP contribution < -0.4 is 4.74 Å². The number of carbonyl (C=O) groups excluding carboxylic acids is 2. The highest BCUT2D eigenvalue weighted by Gasteiger charge is 2.39. The fourth-order valence-corrected chi connectivity index (χ4v) is 5.68. The summed E-state index contributed by atoms with van der Waals surface area (Å²) in [6.45, 7) is 4.63. The zero-order valence-corrected chi connectivity index (χ0v) is 22.8. The molecule has 198 valence electrons. The number of aryl methyl sites for hydroxylation is 1. The Morgan fingerprint density at radius 1 is 0.625 bits per heavy atom. The molecular formula is C36H31NO3. The van der Waals surface area contributed by atoms with Gasteiger partial charge in [0.15, 0.2) is 11.6 Å². The molecule has 0 fully saturated rings. The third-order valence-electron chi connectivity index (χ3n) is 7.54. The van der Waals surface area contributed by atoms with Gasteiger partial charge in [-0.1, -0.05) is 104 Å². The SMILES string of the molecule is CCCCc1ccc(-c2c3c(c(-c4ccccc4)n2-c2ccccc2OCC)C(=O)c2ccccc2C3=O)cc1. The number of para-hydroxylation sites is 2. The van der Waals surface area contributed by atoms with Crippen LogP contribution in [0.25, 0.3) is 28.2 Å². The number of rotatable bonds is 8. The van der Waals surface area contributed by atoms with E-state index in [1.54, 1.807) is 12.1 Å². The van der Waals surface area contributed by atoms with Crippen molar-refractivity contribution in [3.63, 3.8) is 0 Å². The van der Waals surface area contributed by atoms with Gasteiger partial charge in [-0.15, -0.1) is 0 Å². The maximum absolute atomic E-state index is 14.3. The van der Waals surface area contributed by atoms with E-state index >= 15 is 0 Å². The fourth-order valence-electron chi connectivity index (χ4n) is 5.68. The van der Waals surface area contributed by atoms with E-state index in [-0.39, 0.29) is 11.6 Å². The second-order valence-electron chi connectivity index (χ2n) is 10.1. The van der Waals surface area contributed by atoms with Gasteiger partial charge in [-0.05, 0) is 48.6 Å². The van der Waals surface area contributed by atoms with E-state index in [4.69, 9.17) is 4.74 Å². The summed E-state index contributed by atoms with van der Waals surface area (Å²) < 4.78 is 8.16. The minimum Gasteiger partial charge on any atom is -0.492 e. The summed E-state index contributed by atoms with van der Waals surface area (Å²) in [5.41, 5.74) is 6.93. The average Bonchev–Trinajstić information content (AvgIpc) is 3.36. The molecule has 0 radical (unpaired) electrons. The number of nitrogens with zero attached hydrogens (tertiary/aromatic N) is 1. The van der Waals surface area contributed by atoms with Crippen LogP contribution in [-0.4, -0.2) is 22.7 Å². The first-order valence-corrected chi connectivity index (χ1v) is 14.0. The monoisotopic (exact) mass is 525 g/mol. The molecule has 6 rings (SSSR count). The number of benzene rings is 4. The van der Waals surface area contributed by atoms with Crippen molar-refractivity contribution in [2.45, 2.75) is 33.1 Å². The van der Waals surface area contributed by atoms with E-state index in [9.17, 15) is 9.59 Å². The Kier molecular flexibility index (Phi) is 6.91. The normalized spacial score (nSPS) is 12.2. The minimum atomic E-state index is -0.141. The van der Waals surface area contributed by atoms with Crippen LogP contribution >= 0.6 is 0 Å². The number of hydrogen-bond acceptors (Lipinski definition) is 3. The van der Waals surface area contributed by atoms with Gasteiger partial charge >= 0.3 is 0 Å². The Morgan fingerprint density at radius 2 is 1.18 bits per heavy atom. The molecule has 1 heterocycles. The predicted octanol–water partition coefficient (Wildman–Crippen LogP) is 8.33. The van der Waals surface area contributed by atoms with Crippen LogP contribution in [0.4, 0.5) is 0 Å². The van der Waals surface area contributed by atoms with Gasteiger partial charge in [-0.3, -0.25) is 9.59 Å². The number of unbranched alkanes of at least 4 members (excludes halogenated alkanes) is 1. The van der Waals surface area contributed by atoms with Gasteiger partial charge in [0, 0.05) is 11.1 Å². The van der Waals surface area contributed by atoms with E-state index in [1.807, 2.05) is 73.7 Å². The summed E-state index contributed by atoms with van der Waals surface area (Å²) in [6, 6.07) is 33.2. The van der Waals surface area contributed by atoms with Gasteiger partial charge in [0.25, 0.3) is 0 Å². The molecule has 4 aromatic carbocycles. The number of fused-ring (bicyclic) bond motifs is 2. The lowest BCUT2D eigenvalue weighted by Crippen LogP contribution is -2.20. The van der Waals surface area contributed by atoms with Crippen molar-refractivity contribution in [3.8, 4) is 34.0 Å². The van der Waals surface area contributed by atoms with Crippen LogP contribution in [0.1, 0.15) is 64.1 Å². The van der Waals surface area contributed by atoms with E-state index in [0.717, 1.165) is 36.1 Å². The van der Waals surface area contributed by atoms with Crippen LogP contribution in [0, 0.1) is 0 Å². The molecule has 1 aromatic heterocycles. The van der Waals surface area contributed by atoms with Gasteiger partial charge in [-0.2, -0.15) is 0 Å². The van der Waals surface area contributed by atoms with Crippen molar-refractivity contribution in [2.75, 3.05) is 6.61 Å². The predicted molar refractivity (Wildman–Crippen MR) is 160 cm³/mol. The fraction of sp³-hybridized carbons (Fsp3) is 0.167. The second kappa shape index (κ2) is 10.8. The van der Waals surface area contributed by atoms with Crippen molar-refractivity contribution in [2.24, 2.45) is 0 Å². The summed E-state index contributed by atoms with van der Waals surface area (Å²) in [6.07, 6.45) is 3.25. The third kappa shape index (κ3) is 4.26. The van der Waals surface area contributed by atoms with Crippen molar-refractivity contribution in [1.29, 1.82) is 0 Å². The minimum absolute atomic E-state index is 0.139. The number of carbonyl (C=O) groups is 2. The highest BCUT2D eigenvalue weighted by molar-refractivity contribution is 6.32. The van der Waals surface area contributed by atoms with Crippen molar-refractivity contribution in [1.82, 2.24) is 4.57 Å².